The second-order valence-electron chi connectivity index (χ2n) is 4.65. The number of nitrogens with two attached hydrogens (primary N) is 1. The molecule has 0 fully saturated rings. The fourth-order valence-electron chi connectivity index (χ4n) is 1.87. The number of nitrogens with one attached hydrogen (secondary N) is 1. The van der Waals surface area contributed by atoms with Crippen LogP contribution in [0.4, 0.5) is 5.69 Å². The Morgan fingerprint density at radius 3 is 2.81 bits per heavy atom. The van der Waals surface area contributed by atoms with Crippen LogP contribution in [-0.4, -0.2) is 19.1 Å². The van der Waals surface area contributed by atoms with Gasteiger partial charge in [0.2, 0.25) is 0 Å². The van der Waals surface area contributed by atoms with Gasteiger partial charge in [-0.1, -0.05) is 23.7 Å². The molecule has 2 aromatic carbocycles. The zero-order valence-electron chi connectivity index (χ0n) is 11.7. The normalized spacial score (nSPS) is 10.2. The van der Waals surface area contributed by atoms with Crippen LogP contribution >= 0.6 is 11.6 Å². The molecular weight excluding hydrogens is 288 g/mol. The zero-order valence-corrected chi connectivity index (χ0v) is 12.5. The Morgan fingerprint density at radius 2 is 2.10 bits per heavy atom. The lowest BCUT2D eigenvalue weighted by Crippen LogP contribution is -2.28. The highest BCUT2D eigenvalue weighted by Crippen LogP contribution is 2.17. The maximum atomic E-state index is 12.0. The Kier molecular flexibility index (Phi) is 5.06. The van der Waals surface area contributed by atoms with Gasteiger partial charge in [-0.3, -0.25) is 4.79 Å². The molecule has 0 aliphatic carbocycles. The van der Waals surface area contributed by atoms with Crippen LogP contribution in [0.3, 0.4) is 0 Å². The van der Waals surface area contributed by atoms with Crippen molar-refractivity contribution in [1.29, 1.82) is 0 Å². The highest BCUT2D eigenvalue weighted by atomic mass is 35.5. The molecule has 2 aromatic rings. The van der Waals surface area contributed by atoms with Crippen molar-refractivity contribution >= 4 is 23.2 Å². The van der Waals surface area contributed by atoms with E-state index in [4.69, 9.17) is 22.1 Å². The Balaban J connectivity index is 1.82. The van der Waals surface area contributed by atoms with Crippen molar-refractivity contribution < 1.29 is 9.53 Å². The lowest BCUT2D eigenvalue weighted by Gasteiger charge is -2.09. The summed E-state index contributed by atoms with van der Waals surface area (Å²) in [5.74, 6) is 0.548. The van der Waals surface area contributed by atoms with E-state index in [9.17, 15) is 4.79 Å². The van der Waals surface area contributed by atoms with E-state index in [1.165, 1.54) is 0 Å². The molecule has 5 heteroatoms. The smallest absolute Gasteiger partial charge is 0.253 e. The zero-order chi connectivity index (χ0) is 15.2. The van der Waals surface area contributed by atoms with Crippen molar-refractivity contribution in [2.24, 2.45) is 0 Å². The van der Waals surface area contributed by atoms with Gasteiger partial charge in [-0.15, -0.1) is 0 Å². The first-order chi connectivity index (χ1) is 10.1. The van der Waals surface area contributed by atoms with Gasteiger partial charge in [-0.05, 0) is 42.8 Å². The molecule has 110 valence electrons. The molecule has 0 spiro atoms. The Morgan fingerprint density at radius 1 is 1.29 bits per heavy atom. The van der Waals surface area contributed by atoms with E-state index in [1.807, 2.05) is 31.2 Å². The number of carbonyl (C=O) groups is 1. The first-order valence-electron chi connectivity index (χ1n) is 6.59. The van der Waals surface area contributed by atoms with Gasteiger partial charge in [0.1, 0.15) is 12.4 Å². The minimum Gasteiger partial charge on any atom is -0.492 e. The van der Waals surface area contributed by atoms with Crippen molar-refractivity contribution in [2.75, 3.05) is 18.9 Å². The van der Waals surface area contributed by atoms with Gasteiger partial charge >= 0.3 is 0 Å². The van der Waals surface area contributed by atoms with Crippen LogP contribution in [0.1, 0.15) is 15.9 Å². The summed E-state index contributed by atoms with van der Waals surface area (Å²) in [6, 6.07) is 12.5. The molecule has 0 atom stereocenters. The summed E-state index contributed by atoms with van der Waals surface area (Å²) < 4.78 is 5.56. The Bertz CT molecular complexity index is 644. The average molecular weight is 305 g/mol. The molecule has 0 aliphatic heterocycles. The third kappa shape index (κ3) is 4.39. The number of aryl methyl sites for hydroxylation is 1. The summed E-state index contributed by atoms with van der Waals surface area (Å²) >= 11 is 5.80. The number of rotatable bonds is 5. The van der Waals surface area contributed by atoms with E-state index in [-0.39, 0.29) is 5.91 Å². The maximum absolute atomic E-state index is 12.0. The van der Waals surface area contributed by atoms with Gasteiger partial charge in [-0.25, -0.2) is 0 Å². The van der Waals surface area contributed by atoms with Gasteiger partial charge < -0.3 is 15.8 Å². The molecule has 2 rings (SSSR count). The number of amides is 1. The second-order valence-corrected chi connectivity index (χ2v) is 5.09. The van der Waals surface area contributed by atoms with Crippen LogP contribution in [0.2, 0.25) is 5.02 Å². The van der Waals surface area contributed by atoms with Crippen LogP contribution in [0, 0.1) is 6.92 Å². The lowest BCUT2D eigenvalue weighted by atomic mass is 10.1. The first-order valence-corrected chi connectivity index (χ1v) is 6.97. The summed E-state index contributed by atoms with van der Waals surface area (Å²) in [5.41, 5.74) is 7.66. The summed E-state index contributed by atoms with van der Waals surface area (Å²) in [5, 5.41) is 3.26. The van der Waals surface area contributed by atoms with Crippen molar-refractivity contribution in [3.63, 3.8) is 0 Å². The largest absolute Gasteiger partial charge is 0.492 e. The maximum Gasteiger partial charge on any atom is 0.253 e. The summed E-state index contributed by atoms with van der Waals surface area (Å²) in [4.78, 5) is 12.0. The fourth-order valence-corrected chi connectivity index (χ4v) is 2.05. The molecule has 0 radical (unpaired) electrons. The Hall–Kier alpha value is -2.20. The topological polar surface area (TPSA) is 64.3 Å². The SMILES string of the molecule is Cc1cccc(OCCNC(=O)c2ccc(Cl)cc2N)c1. The van der Waals surface area contributed by atoms with Gasteiger partial charge in [0, 0.05) is 10.7 Å². The number of carbonyl (C=O) groups excluding carboxylic acids is 1. The predicted molar refractivity (Wildman–Crippen MR) is 84.9 cm³/mol. The van der Waals surface area contributed by atoms with E-state index >= 15 is 0 Å². The van der Waals surface area contributed by atoms with E-state index < -0.39 is 0 Å². The average Bonchev–Trinajstić information content (AvgIpc) is 2.43. The number of halogens is 1. The highest BCUT2D eigenvalue weighted by molar-refractivity contribution is 6.31. The number of nitrogen functional groups attached to an aromatic ring is 1. The summed E-state index contributed by atoms with van der Waals surface area (Å²) in [6.45, 7) is 2.79. The molecule has 4 nitrogen and oxygen atoms in total. The summed E-state index contributed by atoms with van der Waals surface area (Å²) in [6.07, 6.45) is 0. The van der Waals surface area contributed by atoms with Crippen LogP contribution in [0.5, 0.6) is 5.75 Å². The van der Waals surface area contributed by atoms with E-state index in [0.29, 0.717) is 29.4 Å². The number of hydrogen-bond donors (Lipinski definition) is 2. The van der Waals surface area contributed by atoms with E-state index in [2.05, 4.69) is 5.32 Å². The van der Waals surface area contributed by atoms with Crippen LogP contribution in [-0.2, 0) is 0 Å². The molecule has 3 N–H and O–H groups in total. The van der Waals surface area contributed by atoms with E-state index in [0.717, 1.165) is 11.3 Å². The second kappa shape index (κ2) is 6.99. The number of anilines is 1. The summed E-state index contributed by atoms with van der Waals surface area (Å²) in [7, 11) is 0. The first kappa shape index (κ1) is 15.2. The van der Waals surface area contributed by atoms with Crippen LogP contribution in [0.15, 0.2) is 42.5 Å². The monoisotopic (exact) mass is 304 g/mol. The van der Waals surface area contributed by atoms with E-state index in [1.54, 1.807) is 18.2 Å². The predicted octanol–water partition coefficient (Wildman–Crippen LogP) is 3.04. The van der Waals surface area contributed by atoms with Crippen LogP contribution < -0.4 is 15.8 Å². The quantitative estimate of drug-likeness (QED) is 0.659. The number of hydrogen-bond acceptors (Lipinski definition) is 3. The molecule has 0 aliphatic rings. The lowest BCUT2D eigenvalue weighted by molar-refractivity contribution is 0.0948. The molecule has 0 bridgehead atoms. The van der Waals surface area contributed by atoms with Gasteiger partial charge in [-0.2, -0.15) is 0 Å². The van der Waals surface area contributed by atoms with Gasteiger partial charge in [0.25, 0.3) is 5.91 Å². The molecule has 1 amide bonds. The third-order valence-corrected chi connectivity index (χ3v) is 3.14. The molecule has 0 heterocycles. The molecule has 21 heavy (non-hydrogen) atoms. The van der Waals surface area contributed by atoms with Crippen molar-refractivity contribution in [3.8, 4) is 5.75 Å². The molecule has 0 saturated carbocycles. The third-order valence-electron chi connectivity index (χ3n) is 2.90. The Labute approximate surface area is 128 Å². The van der Waals surface area contributed by atoms with Crippen molar-refractivity contribution in [3.05, 3.63) is 58.6 Å². The highest BCUT2D eigenvalue weighted by Gasteiger charge is 2.09. The van der Waals surface area contributed by atoms with Crippen LogP contribution in [0.25, 0.3) is 0 Å². The minimum atomic E-state index is -0.239. The molecule has 0 unspecified atom stereocenters. The standard InChI is InChI=1S/C16H17ClN2O2/c1-11-3-2-4-13(9-11)21-8-7-19-16(20)14-6-5-12(17)10-15(14)18/h2-6,9-10H,7-8,18H2,1H3,(H,19,20). The number of ether oxygens (including phenoxy) is 1. The fraction of sp³-hybridized carbons (Fsp3) is 0.188. The minimum absolute atomic E-state index is 0.239. The molecular formula is C16H17ClN2O2. The van der Waals surface area contributed by atoms with Crippen molar-refractivity contribution in [1.82, 2.24) is 5.32 Å². The molecule has 0 saturated heterocycles. The number of benzene rings is 2. The van der Waals surface area contributed by atoms with Crippen molar-refractivity contribution in [2.45, 2.75) is 6.92 Å². The van der Waals surface area contributed by atoms with Gasteiger partial charge in [0.05, 0.1) is 12.1 Å². The molecule has 0 aromatic heterocycles. The van der Waals surface area contributed by atoms with Gasteiger partial charge in [0.15, 0.2) is 0 Å².